The number of anilines is 1. The minimum atomic E-state index is -1.53. The van der Waals surface area contributed by atoms with E-state index in [0.29, 0.717) is 5.56 Å². The molecule has 10 nitrogen and oxygen atoms in total. The van der Waals surface area contributed by atoms with E-state index in [4.69, 9.17) is 10.3 Å². The van der Waals surface area contributed by atoms with Crippen molar-refractivity contribution in [3.05, 3.63) is 69.1 Å². The van der Waals surface area contributed by atoms with Crippen molar-refractivity contribution in [2.45, 2.75) is 31.9 Å². The van der Waals surface area contributed by atoms with Crippen LogP contribution in [0.4, 0.5) is 5.82 Å². The van der Waals surface area contributed by atoms with Gasteiger partial charge in [-0.15, -0.1) is 0 Å². The molecular formula is C17H19IN6O4. The van der Waals surface area contributed by atoms with Gasteiger partial charge >= 0.3 is 5.69 Å². The molecule has 0 aliphatic heterocycles. The molecule has 0 fully saturated rings. The third-order valence-electron chi connectivity index (χ3n) is 3.93. The number of aliphatic hydroxyl groups excluding tert-OH is 1. The van der Waals surface area contributed by atoms with Crippen LogP contribution in [0.1, 0.15) is 30.4 Å². The van der Waals surface area contributed by atoms with E-state index in [1.165, 1.54) is 19.2 Å². The van der Waals surface area contributed by atoms with Crippen molar-refractivity contribution < 1.29 is 14.6 Å². The van der Waals surface area contributed by atoms with Gasteiger partial charge in [0.1, 0.15) is 12.0 Å². The maximum atomic E-state index is 12.4. The Hall–Kier alpha value is -2.47. The van der Waals surface area contributed by atoms with E-state index >= 15 is 0 Å². The number of amides is 1. The summed E-state index contributed by atoms with van der Waals surface area (Å²) < 4.78 is 7.04. The largest absolute Gasteiger partial charge is 0.390 e. The number of hydrogen-bond acceptors (Lipinski definition) is 6. The van der Waals surface area contributed by atoms with E-state index in [1.807, 2.05) is 22.6 Å². The van der Waals surface area contributed by atoms with Gasteiger partial charge in [-0.3, -0.25) is 9.36 Å². The summed E-state index contributed by atoms with van der Waals surface area (Å²) in [5.74, 6) is -0.302. The first-order valence-corrected chi connectivity index (χ1v) is 9.79. The van der Waals surface area contributed by atoms with Crippen LogP contribution >= 0.6 is 22.6 Å². The molecule has 11 heteroatoms. The third-order valence-corrected chi connectivity index (χ3v) is 5.03. The summed E-state index contributed by atoms with van der Waals surface area (Å²) in [5, 5.41) is 16.1. The van der Waals surface area contributed by atoms with E-state index < -0.39 is 29.7 Å². The van der Waals surface area contributed by atoms with Crippen molar-refractivity contribution in [1.82, 2.24) is 9.55 Å². The maximum Gasteiger partial charge on any atom is 0.351 e. The molecule has 2 rings (SSSR count). The molecule has 2 aromatic rings. The number of halogens is 1. The van der Waals surface area contributed by atoms with Gasteiger partial charge in [0.25, 0.3) is 5.91 Å². The lowest BCUT2D eigenvalue weighted by molar-refractivity contribution is -0.151. The van der Waals surface area contributed by atoms with E-state index in [9.17, 15) is 14.7 Å². The van der Waals surface area contributed by atoms with Gasteiger partial charge < -0.3 is 15.2 Å². The highest BCUT2D eigenvalue weighted by atomic mass is 127. The van der Waals surface area contributed by atoms with Crippen LogP contribution in [-0.4, -0.2) is 36.8 Å². The van der Waals surface area contributed by atoms with Crippen LogP contribution in [0.5, 0.6) is 0 Å². The highest BCUT2D eigenvalue weighted by molar-refractivity contribution is 14.1. The first kappa shape index (κ1) is 21.8. The Kier molecular flexibility index (Phi) is 7.52. The van der Waals surface area contributed by atoms with Crippen LogP contribution < -0.4 is 11.0 Å². The van der Waals surface area contributed by atoms with E-state index in [2.05, 4.69) is 20.3 Å². The molecule has 0 unspecified atom stereocenters. The zero-order valence-corrected chi connectivity index (χ0v) is 17.3. The number of rotatable bonds is 8. The van der Waals surface area contributed by atoms with Gasteiger partial charge in [-0.05, 0) is 37.6 Å². The number of nitrogens with one attached hydrogen (secondary N) is 1. The third kappa shape index (κ3) is 5.07. The molecule has 0 aliphatic rings. The first-order valence-electron chi connectivity index (χ1n) is 8.26. The number of alkyl halides is 1. The minimum Gasteiger partial charge on any atom is -0.390 e. The molecule has 0 spiro atoms. The molecule has 0 saturated heterocycles. The molecule has 1 amide bonds. The van der Waals surface area contributed by atoms with Crippen molar-refractivity contribution in [3.63, 3.8) is 0 Å². The van der Waals surface area contributed by atoms with Crippen LogP contribution in [0.25, 0.3) is 10.4 Å². The fourth-order valence-corrected chi connectivity index (χ4v) is 3.31. The number of ether oxygens (including phenoxy) is 1. The summed E-state index contributed by atoms with van der Waals surface area (Å²) in [7, 11) is 0. The molecule has 0 saturated carbocycles. The Morgan fingerprint density at radius 2 is 2.11 bits per heavy atom. The highest BCUT2D eigenvalue weighted by Crippen LogP contribution is 2.27. The number of nitrogens with zero attached hydrogens (tertiary/aromatic N) is 5. The van der Waals surface area contributed by atoms with Gasteiger partial charge in [-0.1, -0.05) is 45.9 Å². The predicted octanol–water partition coefficient (Wildman–Crippen LogP) is 2.85. The summed E-state index contributed by atoms with van der Waals surface area (Å²) in [6.45, 7) is 2.99. The van der Waals surface area contributed by atoms with Crippen molar-refractivity contribution in [2.75, 3.05) is 9.74 Å². The van der Waals surface area contributed by atoms with Crippen LogP contribution in [0.15, 0.2) is 52.5 Å². The Morgan fingerprint density at radius 1 is 1.43 bits per heavy atom. The highest BCUT2D eigenvalue weighted by Gasteiger charge is 2.37. The summed E-state index contributed by atoms with van der Waals surface area (Å²) >= 11 is 1.93. The number of hydrogen-bond donors (Lipinski definition) is 2. The smallest absolute Gasteiger partial charge is 0.351 e. The molecule has 1 aromatic carbocycles. The summed E-state index contributed by atoms with van der Waals surface area (Å²) in [4.78, 5) is 31.1. The molecule has 0 radical (unpaired) electrons. The summed E-state index contributed by atoms with van der Waals surface area (Å²) in [5.41, 5.74) is 7.00. The van der Waals surface area contributed by atoms with E-state index in [-0.39, 0.29) is 10.2 Å². The van der Waals surface area contributed by atoms with Crippen LogP contribution in [-0.2, 0) is 4.74 Å². The van der Waals surface area contributed by atoms with Crippen LogP contribution in [0.3, 0.4) is 0 Å². The van der Waals surface area contributed by atoms with Gasteiger partial charge in [-0.2, -0.15) is 4.98 Å². The zero-order chi connectivity index (χ0) is 20.7. The standard InChI is InChI=1S/C17H19IN6O4/c1-11(25)17(10-18,22-23-19)28-12(2)24-9-8-14(21-16(24)27)20-15(26)13-6-4-3-5-7-13/h3-9,11-12,25H,10H2,1-2H3,(H,20,21,26,27)/t11-,12+,17+/m0/s1. The lowest BCUT2D eigenvalue weighted by Crippen LogP contribution is -2.45. The molecule has 148 valence electrons. The van der Waals surface area contributed by atoms with E-state index in [1.54, 1.807) is 37.3 Å². The van der Waals surface area contributed by atoms with Gasteiger partial charge in [0.05, 0.1) is 6.10 Å². The average molecular weight is 498 g/mol. The second kappa shape index (κ2) is 9.64. The first-order chi connectivity index (χ1) is 13.3. The Morgan fingerprint density at radius 3 is 2.64 bits per heavy atom. The number of azide groups is 1. The Labute approximate surface area is 174 Å². The maximum absolute atomic E-state index is 12.4. The molecule has 1 aromatic heterocycles. The quantitative estimate of drug-likeness (QED) is 0.189. The second-order valence-corrected chi connectivity index (χ2v) is 6.65. The topological polar surface area (TPSA) is 142 Å². The fourth-order valence-electron chi connectivity index (χ4n) is 2.34. The Balaban J connectivity index is 2.20. The number of aliphatic hydroxyl groups is 1. The number of carbonyl (C=O) groups excluding carboxylic acids is 1. The molecule has 1 heterocycles. The molecule has 0 aliphatic carbocycles. The lowest BCUT2D eigenvalue weighted by Gasteiger charge is -2.33. The molecule has 3 atom stereocenters. The van der Waals surface area contributed by atoms with Crippen molar-refractivity contribution in [3.8, 4) is 0 Å². The summed E-state index contributed by atoms with van der Waals surface area (Å²) in [6.07, 6.45) is -0.582. The van der Waals surface area contributed by atoms with Crippen LogP contribution in [0.2, 0.25) is 0 Å². The minimum absolute atomic E-state index is 0.0908. The number of benzene rings is 1. The predicted molar refractivity (Wildman–Crippen MR) is 111 cm³/mol. The SMILES string of the molecule is C[C@H](O)[C@](CI)(N=[N+]=[N-])O[C@H](C)n1ccc(NC(=O)c2ccccc2)nc1=O. The molecule has 28 heavy (non-hydrogen) atoms. The average Bonchev–Trinajstić information content (AvgIpc) is 2.68. The van der Waals surface area contributed by atoms with E-state index in [0.717, 1.165) is 4.57 Å². The molecule has 0 bridgehead atoms. The van der Waals surface area contributed by atoms with Crippen molar-refractivity contribution >= 4 is 34.3 Å². The van der Waals surface area contributed by atoms with Gasteiger partial charge in [-0.25, -0.2) is 4.79 Å². The van der Waals surface area contributed by atoms with Gasteiger partial charge in [0, 0.05) is 21.1 Å². The van der Waals surface area contributed by atoms with Crippen molar-refractivity contribution in [1.29, 1.82) is 0 Å². The number of aromatic nitrogens is 2. The number of carbonyl (C=O) groups is 1. The normalized spacial score (nSPS) is 15.0. The Bertz CT molecular complexity index is 929. The fraction of sp³-hybridized carbons (Fsp3) is 0.353. The lowest BCUT2D eigenvalue weighted by atomic mass is 10.1. The molecular weight excluding hydrogens is 479 g/mol. The zero-order valence-electron chi connectivity index (χ0n) is 15.2. The molecule has 2 N–H and O–H groups in total. The van der Waals surface area contributed by atoms with Gasteiger partial charge in [0.15, 0.2) is 5.72 Å². The van der Waals surface area contributed by atoms with Gasteiger partial charge in [0.2, 0.25) is 0 Å². The van der Waals surface area contributed by atoms with Crippen LogP contribution in [0, 0.1) is 0 Å². The van der Waals surface area contributed by atoms with Crippen molar-refractivity contribution in [2.24, 2.45) is 5.11 Å². The second-order valence-electron chi connectivity index (χ2n) is 5.88. The monoisotopic (exact) mass is 498 g/mol. The summed E-state index contributed by atoms with van der Waals surface area (Å²) in [6, 6.07) is 9.97.